The number of carbonyl (C=O) groups excluding carboxylic acids is 2. The molecule has 0 saturated carbocycles. The Morgan fingerprint density at radius 1 is 1.38 bits per heavy atom. The van der Waals surface area contributed by atoms with Crippen LogP contribution in [0.1, 0.15) is 23.6 Å². The van der Waals surface area contributed by atoms with Crippen LogP contribution in [0.5, 0.6) is 0 Å². The maximum absolute atomic E-state index is 13.1. The number of rotatable bonds is 6. The summed E-state index contributed by atoms with van der Waals surface area (Å²) in [6.45, 7) is 3.65. The summed E-state index contributed by atoms with van der Waals surface area (Å²) >= 11 is 0. The number of ether oxygens (including phenoxy) is 2. The Morgan fingerprint density at radius 3 is 2.97 bits per heavy atom. The van der Waals surface area contributed by atoms with E-state index in [-0.39, 0.29) is 23.8 Å². The highest BCUT2D eigenvalue weighted by molar-refractivity contribution is 6.26. The Labute approximate surface area is 184 Å². The van der Waals surface area contributed by atoms with Crippen LogP contribution in [0.3, 0.4) is 0 Å². The van der Waals surface area contributed by atoms with E-state index in [1.54, 1.807) is 43.6 Å². The van der Waals surface area contributed by atoms with Crippen LogP contribution in [0, 0.1) is 18.3 Å². The van der Waals surface area contributed by atoms with Gasteiger partial charge in [0.15, 0.2) is 11.3 Å². The third kappa shape index (κ3) is 3.96. The number of ketones is 1. The van der Waals surface area contributed by atoms with Crippen molar-refractivity contribution in [2.75, 3.05) is 11.9 Å². The van der Waals surface area contributed by atoms with E-state index in [0.29, 0.717) is 23.3 Å². The molecule has 8 nitrogen and oxygen atoms in total. The fourth-order valence-corrected chi connectivity index (χ4v) is 3.43. The molecule has 0 saturated heterocycles. The molecule has 8 heteroatoms. The number of fused-ring (bicyclic) bond motifs is 1. The van der Waals surface area contributed by atoms with Gasteiger partial charge in [-0.05, 0) is 49.2 Å². The lowest BCUT2D eigenvalue weighted by Gasteiger charge is -2.12. The Hall–Kier alpha value is -4.38. The Morgan fingerprint density at radius 2 is 2.22 bits per heavy atom. The molecule has 1 aromatic carbocycles. The van der Waals surface area contributed by atoms with Crippen LogP contribution in [-0.4, -0.2) is 28.3 Å². The van der Waals surface area contributed by atoms with Crippen LogP contribution in [0.15, 0.2) is 59.9 Å². The first-order chi connectivity index (χ1) is 15.5. The first kappa shape index (κ1) is 20.9. The summed E-state index contributed by atoms with van der Waals surface area (Å²) in [6.07, 6.45) is 5.24. The quantitative estimate of drug-likeness (QED) is 0.349. The van der Waals surface area contributed by atoms with Crippen LogP contribution in [0.25, 0.3) is 17.1 Å². The highest BCUT2D eigenvalue weighted by atomic mass is 16.5. The van der Waals surface area contributed by atoms with Crippen molar-refractivity contribution in [1.82, 2.24) is 9.97 Å². The summed E-state index contributed by atoms with van der Waals surface area (Å²) < 4.78 is 10.9. The number of aryl methyl sites for hydroxylation is 1. The summed E-state index contributed by atoms with van der Waals surface area (Å²) in [6, 6.07) is 11.2. The molecule has 32 heavy (non-hydrogen) atoms. The normalized spacial score (nSPS) is 14.5. The smallest absolute Gasteiger partial charge is 0.347 e. The first-order valence-corrected chi connectivity index (χ1v) is 10.0. The number of pyridine rings is 1. The summed E-state index contributed by atoms with van der Waals surface area (Å²) in [4.78, 5) is 32.9. The number of aromatic amines is 1. The van der Waals surface area contributed by atoms with Gasteiger partial charge in [-0.3, -0.25) is 4.79 Å². The van der Waals surface area contributed by atoms with Gasteiger partial charge >= 0.3 is 5.97 Å². The number of aromatic nitrogens is 2. The van der Waals surface area contributed by atoms with E-state index in [0.717, 1.165) is 16.5 Å². The lowest BCUT2D eigenvalue weighted by Crippen LogP contribution is -2.16. The monoisotopic (exact) mass is 428 g/mol. The number of anilines is 1. The molecule has 0 unspecified atom stereocenters. The average Bonchev–Trinajstić information content (AvgIpc) is 3.32. The first-order valence-electron chi connectivity index (χ1n) is 10.0. The van der Waals surface area contributed by atoms with Crippen molar-refractivity contribution >= 4 is 34.5 Å². The van der Waals surface area contributed by atoms with Gasteiger partial charge in [-0.2, -0.15) is 5.26 Å². The fraction of sp³-hybridized carbons (Fsp3) is 0.167. The second kappa shape index (κ2) is 8.78. The number of benzene rings is 1. The number of nitrogens with zero attached hydrogens (tertiary/aromatic N) is 2. The van der Waals surface area contributed by atoms with Crippen molar-refractivity contribution < 1.29 is 19.1 Å². The average molecular weight is 428 g/mol. The van der Waals surface area contributed by atoms with Gasteiger partial charge in [-0.15, -0.1) is 0 Å². The Kier molecular flexibility index (Phi) is 5.73. The highest BCUT2D eigenvalue weighted by Crippen LogP contribution is 2.31. The number of H-pyrrole nitrogens is 1. The molecule has 2 aromatic heterocycles. The standard InChI is InChI=1S/C24H20N4O4/c1-3-31-24(30)20-21(29)19(12-16-13-27-22-17(16)5-4-10-26-22)32-23(20)28-18-7-6-15(8-9-25)11-14(18)2/h4-7,10-13,28H,3,8H2,1-2H3,(H,26,27). The zero-order valence-electron chi connectivity index (χ0n) is 17.6. The molecule has 0 aliphatic carbocycles. The number of esters is 1. The van der Waals surface area contributed by atoms with Gasteiger partial charge in [0.1, 0.15) is 5.65 Å². The number of nitrogens with one attached hydrogen (secondary N) is 2. The SMILES string of the molecule is CCOC(=O)C1=C(Nc2ccc(CC#N)cc2C)OC(=Cc2c[nH]c3ncccc23)C1=O. The summed E-state index contributed by atoms with van der Waals surface area (Å²) in [7, 11) is 0. The molecule has 3 heterocycles. The van der Waals surface area contributed by atoms with E-state index in [4.69, 9.17) is 14.7 Å². The minimum absolute atomic E-state index is 0.000871. The molecule has 1 aliphatic heterocycles. The summed E-state index contributed by atoms with van der Waals surface area (Å²) in [5.74, 6) is -1.32. The Balaban J connectivity index is 1.69. The van der Waals surface area contributed by atoms with Crippen molar-refractivity contribution in [2.24, 2.45) is 0 Å². The van der Waals surface area contributed by atoms with Crippen molar-refractivity contribution in [3.05, 3.63) is 76.6 Å². The van der Waals surface area contributed by atoms with Crippen molar-refractivity contribution in [3.8, 4) is 6.07 Å². The highest BCUT2D eigenvalue weighted by Gasteiger charge is 2.37. The summed E-state index contributed by atoms with van der Waals surface area (Å²) in [5.41, 5.74) is 3.54. The predicted molar refractivity (Wildman–Crippen MR) is 118 cm³/mol. The van der Waals surface area contributed by atoms with Gasteiger partial charge < -0.3 is 19.8 Å². The van der Waals surface area contributed by atoms with E-state index in [9.17, 15) is 9.59 Å². The topological polar surface area (TPSA) is 117 Å². The molecule has 160 valence electrons. The van der Waals surface area contributed by atoms with Crippen LogP contribution in [0.4, 0.5) is 5.69 Å². The van der Waals surface area contributed by atoms with E-state index in [1.165, 1.54) is 0 Å². The van der Waals surface area contributed by atoms with Gasteiger partial charge in [0.25, 0.3) is 0 Å². The molecule has 3 aromatic rings. The molecular formula is C24H20N4O4. The molecule has 0 spiro atoms. The van der Waals surface area contributed by atoms with E-state index in [1.807, 2.05) is 19.1 Å². The van der Waals surface area contributed by atoms with Crippen LogP contribution >= 0.6 is 0 Å². The Bertz CT molecular complexity index is 1330. The van der Waals surface area contributed by atoms with Crippen molar-refractivity contribution in [3.63, 3.8) is 0 Å². The predicted octanol–water partition coefficient (Wildman–Crippen LogP) is 3.76. The second-order valence-electron chi connectivity index (χ2n) is 7.12. The lowest BCUT2D eigenvalue weighted by molar-refractivity contribution is -0.139. The van der Waals surface area contributed by atoms with E-state index in [2.05, 4.69) is 21.4 Å². The molecule has 0 atom stereocenters. The maximum Gasteiger partial charge on any atom is 0.347 e. The number of carbonyl (C=O) groups is 2. The van der Waals surface area contributed by atoms with E-state index < -0.39 is 11.8 Å². The van der Waals surface area contributed by atoms with Gasteiger partial charge in [0.2, 0.25) is 11.7 Å². The minimum atomic E-state index is -0.761. The number of allylic oxidation sites excluding steroid dienone is 1. The minimum Gasteiger partial charge on any atom is -0.462 e. The number of hydrogen-bond donors (Lipinski definition) is 2. The zero-order valence-corrected chi connectivity index (χ0v) is 17.6. The fourth-order valence-electron chi connectivity index (χ4n) is 3.43. The van der Waals surface area contributed by atoms with Crippen LogP contribution < -0.4 is 5.32 Å². The van der Waals surface area contributed by atoms with Crippen molar-refractivity contribution in [1.29, 1.82) is 5.26 Å². The maximum atomic E-state index is 13.1. The molecule has 4 rings (SSSR count). The van der Waals surface area contributed by atoms with Gasteiger partial charge in [0, 0.05) is 29.0 Å². The van der Waals surface area contributed by atoms with Crippen LogP contribution in [-0.2, 0) is 25.5 Å². The van der Waals surface area contributed by atoms with Gasteiger partial charge in [-0.25, -0.2) is 9.78 Å². The second-order valence-corrected chi connectivity index (χ2v) is 7.12. The van der Waals surface area contributed by atoms with E-state index >= 15 is 0 Å². The molecule has 1 aliphatic rings. The molecular weight excluding hydrogens is 408 g/mol. The molecule has 0 fully saturated rings. The number of hydrogen-bond acceptors (Lipinski definition) is 7. The summed E-state index contributed by atoms with van der Waals surface area (Å²) in [5, 5.41) is 12.7. The molecule has 0 amide bonds. The van der Waals surface area contributed by atoms with Crippen LogP contribution in [0.2, 0.25) is 0 Å². The van der Waals surface area contributed by atoms with Crippen molar-refractivity contribution in [2.45, 2.75) is 20.3 Å². The molecule has 0 radical (unpaired) electrons. The van der Waals surface area contributed by atoms with Gasteiger partial charge in [0.05, 0.1) is 19.1 Å². The third-order valence-corrected chi connectivity index (χ3v) is 4.96. The number of nitriles is 1. The third-order valence-electron chi connectivity index (χ3n) is 4.96. The molecule has 2 N–H and O–H groups in total. The lowest BCUT2D eigenvalue weighted by atomic mass is 10.1. The molecule has 0 bridgehead atoms. The largest absolute Gasteiger partial charge is 0.462 e. The zero-order chi connectivity index (χ0) is 22.7. The number of Topliss-reactive ketones (excluding diaryl/α,β-unsaturated/α-hetero) is 1. The van der Waals surface area contributed by atoms with Gasteiger partial charge in [-0.1, -0.05) is 12.1 Å².